The van der Waals surface area contributed by atoms with Crippen LogP contribution in [-0.2, 0) is 16.4 Å². The number of pyridine rings is 1. The number of piperidine rings is 1. The number of carbonyl (C=O) groups is 1. The minimum atomic E-state index is -3.46. The second-order valence-corrected chi connectivity index (χ2v) is 8.61. The van der Waals surface area contributed by atoms with Crippen LogP contribution in [-0.4, -0.2) is 43.2 Å². The molecule has 4 rings (SSSR count). The molecule has 0 spiro atoms. The number of hydrogen-bond acceptors (Lipinski definition) is 4. The molecule has 1 amide bonds. The number of benzene rings is 1. The molecule has 3 heterocycles. The molecule has 0 radical (unpaired) electrons. The van der Waals surface area contributed by atoms with Gasteiger partial charge in [-0.2, -0.15) is 4.31 Å². The van der Waals surface area contributed by atoms with Gasteiger partial charge in [0.2, 0.25) is 10.0 Å². The fourth-order valence-corrected chi connectivity index (χ4v) is 5.20. The molecule has 0 unspecified atom stereocenters. The van der Waals surface area contributed by atoms with Gasteiger partial charge in [-0.25, -0.2) is 8.42 Å². The van der Waals surface area contributed by atoms with E-state index in [1.165, 1.54) is 0 Å². The van der Waals surface area contributed by atoms with Crippen LogP contribution < -0.4 is 4.90 Å². The molecular formula is C19H21N3O3S. The quantitative estimate of drug-likeness (QED) is 0.831. The Hall–Kier alpha value is -2.25. The number of nitrogens with zero attached hydrogens (tertiary/aromatic N) is 3. The van der Waals surface area contributed by atoms with Crippen LogP contribution in [0.25, 0.3) is 0 Å². The lowest BCUT2D eigenvalue weighted by atomic mass is 10.2. The predicted octanol–water partition coefficient (Wildman–Crippen LogP) is 2.46. The van der Waals surface area contributed by atoms with Gasteiger partial charge >= 0.3 is 0 Å². The second-order valence-electron chi connectivity index (χ2n) is 6.68. The van der Waals surface area contributed by atoms with Gasteiger partial charge in [-0.1, -0.05) is 12.5 Å². The number of carbonyl (C=O) groups excluding carboxylic acids is 1. The summed E-state index contributed by atoms with van der Waals surface area (Å²) in [6.45, 7) is 1.71. The molecule has 26 heavy (non-hydrogen) atoms. The molecule has 2 aromatic rings. The van der Waals surface area contributed by atoms with E-state index >= 15 is 0 Å². The summed E-state index contributed by atoms with van der Waals surface area (Å²) >= 11 is 0. The van der Waals surface area contributed by atoms with Crippen molar-refractivity contribution in [3.8, 4) is 0 Å². The van der Waals surface area contributed by atoms with Crippen LogP contribution in [0.4, 0.5) is 5.69 Å². The molecule has 2 aliphatic rings. The van der Waals surface area contributed by atoms with Gasteiger partial charge < -0.3 is 4.90 Å². The van der Waals surface area contributed by atoms with Gasteiger partial charge in [0.25, 0.3) is 5.91 Å². The lowest BCUT2D eigenvalue weighted by Crippen LogP contribution is -2.35. The van der Waals surface area contributed by atoms with Crippen molar-refractivity contribution in [1.82, 2.24) is 9.29 Å². The van der Waals surface area contributed by atoms with E-state index in [0.717, 1.165) is 30.5 Å². The molecule has 0 bridgehead atoms. The highest BCUT2D eigenvalue weighted by atomic mass is 32.2. The van der Waals surface area contributed by atoms with Gasteiger partial charge in [-0.3, -0.25) is 9.78 Å². The largest absolute Gasteiger partial charge is 0.306 e. The maximum absolute atomic E-state index is 12.9. The third-order valence-electron chi connectivity index (χ3n) is 5.03. The standard InChI is InChI=1S/C19H21N3O3S/c23-19(17-6-2-3-10-20-17)22-13-9-15-14-16(7-8-18(15)22)26(24,25)21-11-4-1-5-12-21/h2-3,6-8,10,14H,1,4-5,9,11-13H2. The van der Waals surface area contributed by atoms with E-state index in [2.05, 4.69) is 4.98 Å². The Labute approximate surface area is 153 Å². The fourth-order valence-electron chi connectivity index (χ4n) is 3.63. The molecule has 1 saturated heterocycles. The normalized spacial score (nSPS) is 17.9. The lowest BCUT2D eigenvalue weighted by molar-refractivity contribution is 0.0984. The van der Waals surface area contributed by atoms with Gasteiger partial charge in [-0.15, -0.1) is 0 Å². The maximum Gasteiger partial charge on any atom is 0.276 e. The van der Waals surface area contributed by atoms with Gasteiger partial charge in [0, 0.05) is 31.5 Å². The average molecular weight is 371 g/mol. The molecule has 1 aromatic heterocycles. The van der Waals surface area contributed by atoms with Crippen LogP contribution in [0.15, 0.2) is 47.5 Å². The van der Waals surface area contributed by atoms with E-state index in [4.69, 9.17) is 0 Å². The minimum Gasteiger partial charge on any atom is -0.306 e. The zero-order valence-corrected chi connectivity index (χ0v) is 15.3. The highest BCUT2D eigenvalue weighted by molar-refractivity contribution is 7.89. The van der Waals surface area contributed by atoms with E-state index < -0.39 is 10.0 Å². The Balaban J connectivity index is 1.62. The first-order valence-corrected chi connectivity index (χ1v) is 10.4. The number of hydrogen-bond donors (Lipinski definition) is 0. The monoisotopic (exact) mass is 371 g/mol. The van der Waals surface area contributed by atoms with Crippen LogP contribution in [0.3, 0.4) is 0 Å². The van der Waals surface area contributed by atoms with Crippen molar-refractivity contribution in [2.45, 2.75) is 30.6 Å². The zero-order valence-electron chi connectivity index (χ0n) is 14.5. The third kappa shape index (κ3) is 3.01. The van der Waals surface area contributed by atoms with Crippen molar-refractivity contribution in [2.24, 2.45) is 0 Å². The molecule has 1 aromatic carbocycles. The van der Waals surface area contributed by atoms with Gasteiger partial charge in [0.15, 0.2) is 0 Å². The van der Waals surface area contributed by atoms with Crippen LogP contribution in [0.5, 0.6) is 0 Å². The Morgan fingerprint density at radius 2 is 1.81 bits per heavy atom. The first-order chi connectivity index (χ1) is 12.6. The molecule has 0 aliphatic carbocycles. The van der Waals surface area contributed by atoms with Crippen LogP contribution in [0.1, 0.15) is 35.3 Å². The SMILES string of the molecule is O=C(c1ccccn1)N1CCc2cc(S(=O)(=O)N3CCCCC3)ccc21. The van der Waals surface area contributed by atoms with Crippen molar-refractivity contribution < 1.29 is 13.2 Å². The maximum atomic E-state index is 12.9. The molecule has 0 atom stereocenters. The summed E-state index contributed by atoms with van der Waals surface area (Å²) in [5.41, 5.74) is 2.07. The summed E-state index contributed by atoms with van der Waals surface area (Å²) in [5.74, 6) is -0.156. The van der Waals surface area contributed by atoms with Gasteiger partial charge in [0.05, 0.1) is 4.90 Å². The summed E-state index contributed by atoms with van der Waals surface area (Å²) in [5, 5.41) is 0. The number of sulfonamides is 1. The summed E-state index contributed by atoms with van der Waals surface area (Å²) in [6, 6.07) is 10.3. The first-order valence-electron chi connectivity index (χ1n) is 8.93. The van der Waals surface area contributed by atoms with E-state index in [1.54, 1.807) is 51.8 Å². The number of fused-ring (bicyclic) bond motifs is 1. The third-order valence-corrected chi connectivity index (χ3v) is 6.92. The van der Waals surface area contributed by atoms with E-state index in [-0.39, 0.29) is 5.91 Å². The van der Waals surface area contributed by atoms with E-state index in [1.807, 2.05) is 0 Å². The number of aromatic nitrogens is 1. The molecule has 0 N–H and O–H groups in total. The Morgan fingerprint density at radius 3 is 2.54 bits per heavy atom. The highest BCUT2D eigenvalue weighted by Gasteiger charge is 2.30. The van der Waals surface area contributed by atoms with Crippen molar-refractivity contribution in [2.75, 3.05) is 24.5 Å². The van der Waals surface area contributed by atoms with Crippen molar-refractivity contribution in [3.05, 3.63) is 53.9 Å². The highest BCUT2D eigenvalue weighted by Crippen LogP contribution is 2.32. The summed E-state index contributed by atoms with van der Waals surface area (Å²) < 4.78 is 27.3. The van der Waals surface area contributed by atoms with Crippen LogP contribution in [0.2, 0.25) is 0 Å². The fraction of sp³-hybridized carbons (Fsp3) is 0.368. The van der Waals surface area contributed by atoms with Gasteiger partial charge in [-0.05, 0) is 55.2 Å². The smallest absolute Gasteiger partial charge is 0.276 e. The Bertz CT molecular complexity index is 922. The van der Waals surface area contributed by atoms with Crippen LogP contribution >= 0.6 is 0 Å². The van der Waals surface area contributed by atoms with E-state index in [0.29, 0.717) is 36.6 Å². The number of anilines is 1. The van der Waals surface area contributed by atoms with E-state index in [9.17, 15) is 13.2 Å². The second kappa shape index (κ2) is 6.81. The number of rotatable bonds is 3. The molecule has 136 valence electrons. The first kappa shape index (κ1) is 17.2. The molecule has 0 saturated carbocycles. The van der Waals surface area contributed by atoms with Gasteiger partial charge in [0.1, 0.15) is 5.69 Å². The molecular weight excluding hydrogens is 350 g/mol. The van der Waals surface area contributed by atoms with Crippen molar-refractivity contribution in [1.29, 1.82) is 0 Å². The minimum absolute atomic E-state index is 0.156. The Kier molecular flexibility index (Phi) is 4.50. The van der Waals surface area contributed by atoms with Crippen LogP contribution in [0, 0.1) is 0 Å². The Morgan fingerprint density at radius 1 is 1.00 bits per heavy atom. The zero-order chi connectivity index (χ0) is 18.1. The summed E-state index contributed by atoms with van der Waals surface area (Å²) in [6.07, 6.45) is 5.16. The molecule has 2 aliphatic heterocycles. The predicted molar refractivity (Wildman–Crippen MR) is 98.7 cm³/mol. The average Bonchev–Trinajstić information content (AvgIpc) is 3.12. The molecule has 6 nitrogen and oxygen atoms in total. The number of amides is 1. The topological polar surface area (TPSA) is 70.6 Å². The lowest BCUT2D eigenvalue weighted by Gasteiger charge is -2.26. The van der Waals surface area contributed by atoms with Crippen molar-refractivity contribution >= 4 is 21.6 Å². The molecule has 1 fully saturated rings. The van der Waals surface area contributed by atoms with Crippen molar-refractivity contribution in [3.63, 3.8) is 0 Å². The summed E-state index contributed by atoms with van der Waals surface area (Å²) in [4.78, 5) is 18.8. The molecule has 7 heteroatoms. The summed E-state index contributed by atoms with van der Waals surface area (Å²) in [7, 11) is -3.46.